The van der Waals surface area contributed by atoms with Crippen molar-refractivity contribution in [3.05, 3.63) is 54.2 Å². The van der Waals surface area contributed by atoms with E-state index in [1.807, 2.05) is 42.5 Å². The average Bonchev–Trinajstić information content (AvgIpc) is 2.65. The van der Waals surface area contributed by atoms with Crippen molar-refractivity contribution in [2.75, 3.05) is 14.2 Å². The van der Waals surface area contributed by atoms with Gasteiger partial charge in [-0.2, -0.15) is 0 Å². The molecule has 0 bridgehead atoms. The molecule has 6 nitrogen and oxygen atoms in total. The minimum absolute atomic E-state index is 0.237. The van der Waals surface area contributed by atoms with E-state index in [1.54, 1.807) is 20.4 Å². The van der Waals surface area contributed by atoms with Gasteiger partial charge in [-0.15, -0.1) is 0 Å². The third-order valence-electron chi connectivity index (χ3n) is 3.93. The smallest absolute Gasteiger partial charge is 0.232 e. The van der Waals surface area contributed by atoms with E-state index in [0.29, 0.717) is 5.75 Å². The Bertz CT molecular complexity index is 930. The second-order valence-electron chi connectivity index (χ2n) is 5.34. The van der Waals surface area contributed by atoms with Gasteiger partial charge >= 0.3 is 0 Å². The molecule has 0 aliphatic heterocycles. The largest absolute Gasteiger partial charge is 0.497 e. The molecule has 1 heterocycles. The van der Waals surface area contributed by atoms with Gasteiger partial charge in [0, 0.05) is 29.8 Å². The lowest BCUT2D eigenvalue weighted by atomic mass is 9.99. The summed E-state index contributed by atoms with van der Waals surface area (Å²) >= 11 is -2.07. The molecule has 0 radical (unpaired) electrons. The molecule has 1 unspecified atom stereocenters. The first-order valence-electron chi connectivity index (χ1n) is 7.57. The number of hydrogen-bond donors (Lipinski definition) is 2. The lowest BCUT2D eigenvalue weighted by molar-refractivity contribution is 0.409. The highest BCUT2D eigenvalue weighted by Gasteiger charge is 2.10. The SMILES string of the molecule is COc1ccc2c(-c3ccc(CNS(=O)O)c(OC)c3)ccnc2c1. The second kappa shape index (κ2) is 7.60. The molecule has 2 N–H and O–H groups in total. The number of hydrogen-bond acceptors (Lipinski definition) is 4. The minimum Gasteiger partial charge on any atom is -0.497 e. The molecule has 0 saturated heterocycles. The van der Waals surface area contributed by atoms with Crippen LogP contribution in [0.3, 0.4) is 0 Å². The number of rotatable bonds is 6. The topological polar surface area (TPSA) is 80.7 Å². The summed E-state index contributed by atoms with van der Waals surface area (Å²) in [5.41, 5.74) is 3.64. The molecule has 25 heavy (non-hydrogen) atoms. The van der Waals surface area contributed by atoms with Gasteiger partial charge in [0.05, 0.1) is 19.7 Å². The number of nitrogens with one attached hydrogen (secondary N) is 1. The molecule has 0 spiro atoms. The first kappa shape index (κ1) is 17.3. The third-order valence-corrected chi connectivity index (χ3v) is 4.33. The maximum Gasteiger partial charge on any atom is 0.232 e. The molecule has 0 fully saturated rings. The van der Waals surface area contributed by atoms with Gasteiger partial charge in [0.25, 0.3) is 0 Å². The highest BCUT2D eigenvalue weighted by molar-refractivity contribution is 7.77. The maximum atomic E-state index is 10.8. The number of nitrogens with zero attached hydrogens (tertiary/aromatic N) is 1. The normalized spacial score (nSPS) is 12.1. The number of methoxy groups -OCH3 is 2. The maximum absolute atomic E-state index is 10.8. The zero-order valence-electron chi connectivity index (χ0n) is 13.9. The summed E-state index contributed by atoms with van der Waals surface area (Å²) in [5, 5.41) is 1.01. The molecule has 3 rings (SSSR count). The van der Waals surface area contributed by atoms with Crippen LogP contribution in [0.1, 0.15) is 5.56 Å². The Morgan fingerprint density at radius 3 is 2.68 bits per heavy atom. The van der Waals surface area contributed by atoms with Gasteiger partial charge in [-0.25, -0.2) is 8.93 Å². The van der Waals surface area contributed by atoms with E-state index >= 15 is 0 Å². The number of ether oxygens (including phenoxy) is 2. The average molecular weight is 358 g/mol. The number of pyridine rings is 1. The first-order chi connectivity index (χ1) is 12.1. The molecule has 0 saturated carbocycles. The van der Waals surface area contributed by atoms with E-state index in [9.17, 15) is 4.21 Å². The van der Waals surface area contributed by atoms with Crippen LogP contribution < -0.4 is 14.2 Å². The van der Waals surface area contributed by atoms with Crippen LogP contribution in [0.2, 0.25) is 0 Å². The van der Waals surface area contributed by atoms with Crippen molar-refractivity contribution in [1.82, 2.24) is 9.71 Å². The Kier molecular flexibility index (Phi) is 5.28. The van der Waals surface area contributed by atoms with Gasteiger partial charge in [0.15, 0.2) is 0 Å². The second-order valence-corrected chi connectivity index (χ2v) is 6.13. The fraction of sp³-hybridized carbons (Fsp3) is 0.167. The monoisotopic (exact) mass is 358 g/mol. The van der Waals surface area contributed by atoms with Gasteiger partial charge in [0.2, 0.25) is 11.3 Å². The van der Waals surface area contributed by atoms with Crippen LogP contribution in [-0.4, -0.2) is 28.0 Å². The van der Waals surface area contributed by atoms with Crippen LogP contribution in [0.25, 0.3) is 22.0 Å². The third kappa shape index (κ3) is 3.79. The molecule has 0 aliphatic carbocycles. The van der Waals surface area contributed by atoms with Crippen molar-refractivity contribution < 1.29 is 18.2 Å². The van der Waals surface area contributed by atoms with Crippen molar-refractivity contribution in [3.63, 3.8) is 0 Å². The van der Waals surface area contributed by atoms with Crippen LogP contribution in [0.15, 0.2) is 48.7 Å². The molecule has 2 aromatic carbocycles. The van der Waals surface area contributed by atoms with Gasteiger partial charge < -0.3 is 9.47 Å². The van der Waals surface area contributed by atoms with Gasteiger partial charge in [-0.1, -0.05) is 12.1 Å². The first-order valence-corrected chi connectivity index (χ1v) is 8.67. The van der Waals surface area contributed by atoms with Crippen molar-refractivity contribution >= 4 is 22.2 Å². The molecule has 0 aliphatic rings. The van der Waals surface area contributed by atoms with Crippen molar-refractivity contribution in [3.8, 4) is 22.6 Å². The lowest BCUT2D eigenvalue weighted by Crippen LogP contribution is -2.15. The number of aromatic nitrogens is 1. The molecule has 1 aromatic heterocycles. The van der Waals surface area contributed by atoms with E-state index in [2.05, 4.69) is 9.71 Å². The lowest BCUT2D eigenvalue weighted by Gasteiger charge is -2.12. The highest BCUT2D eigenvalue weighted by atomic mass is 32.2. The quantitative estimate of drug-likeness (QED) is 0.662. The van der Waals surface area contributed by atoms with E-state index in [1.165, 1.54) is 0 Å². The van der Waals surface area contributed by atoms with E-state index in [-0.39, 0.29) is 6.54 Å². The van der Waals surface area contributed by atoms with E-state index in [4.69, 9.17) is 14.0 Å². The van der Waals surface area contributed by atoms with Crippen LogP contribution in [0.4, 0.5) is 0 Å². The number of benzene rings is 2. The van der Waals surface area contributed by atoms with Crippen molar-refractivity contribution in [1.29, 1.82) is 0 Å². The Hall–Kier alpha value is -2.48. The Morgan fingerprint density at radius 2 is 1.96 bits per heavy atom. The van der Waals surface area contributed by atoms with E-state index in [0.717, 1.165) is 33.3 Å². The molecular formula is C18H18N2O4S. The molecule has 0 amide bonds. The Morgan fingerprint density at radius 1 is 1.12 bits per heavy atom. The summed E-state index contributed by atoms with van der Waals surface area (Å²) < 4.78 is 32.8. The summed E-state index contributed by atoms with van der Waals surface area (Å²) in [6.45, 7) is 0.237. The molecule has 130 valence electrons. The summed E-state index contributed by atoms with van der Waals surface area (Å²) in [6, 6.07) is 13.5. The Labute approximate surface area is 148 Å². The standard InChI is InChI=1S/C18H18N2O4S/c1-23-14-5-6-16-15(7-8-19-17(16)10-14)12-3-4-13(11-20-25(21)22)18(9-12)24-2/h3-10,20H,11H2,1-2H3,(H,21,22). The van der Waals surface area contributed by atoms with E-state index < -0.39 is 11.3 Å². The van der Waals surface area contributed by atoms with Gasteiger partial charge in [-0.3, -0.25) is 9.54 Å². The molecular weight excluding hydrogens is 340 g/mol. The fourth-order valence-corrected chi connectivity index (χ4v) is 2.98. The van der Waals surface area contributed by atoms with Crippen LogP contribution in [0.5, 0.6) is 11.5 Å². The zero-order valence-corrected chi connectivity index (χ0v) is 14.7. The summed E-state index contributed by atoms with van der Waals surface area (Å²) in [5.74, 6) is 1.40. The summed E-state index contributed by atoms with van der Waals surface area (Å²) in [4.78, 5) is 4.40. The zero-order chi connectivity index (χ0) is 17.8. The predicted molar refractivity (Wildman–Crippen MR) is 97.9 cm³/mol. The molecule has 7 heteroatoms. The van der Waals surface area contributed by atoms with Crippen LogP contribution in [0, 0.1) is 0 Å². The van der Waals surface area contributed by atoms with Crippen LogP contribution >= 0.6 is 0 Å². The van der Waals surface area contributed by atoms with Gasteiger partial charge in [0.1, 0.15) is 11.5 Å². The number of fused-ring (bicyclic) bond motifs is 1. The summed E-state index contributed by atoms with van der Waals surface area (Å²) in [7, 11) is 3.20. The Balaban J connectivity index is 2.04. The van der Waals surface area contributed by atoms with Crippen molar-refractivity contribution in [2.45, 2.75) is 6.54 Å². The van der Waals surface area contributed by atoms with Crippen LogP contribution in [-0.2, 0) is 17.8 Å². The highest BCUT2D eigenvalue weighted by Crippen LogP contribution is 2.32. The molecule has 1 atom stereocenters. The summed E-state index contributed by atoms with van der Waals surface area (Å²) in [6.07, 6.45) is 1.76. The van der Waals surface area contributed by atoms with Crippen molar-refractivity contribution in [2.24, 2.45) is 0 Å². The minimum atomic E-state index is -2.07. The fourth-order valence-electron chi connectivity index (χ4n) is 2.70. The molecule has 3 aromatic rings. The van der Waals surface area contributed by atoms with Gasteiger partial charge in [-0.05, 0) is 35.4 Å². The predicted octanol–water partition coefficient (Wildman–Crippen LogP) is 3.15.